The molecule has 116 valence electrons. The summed E-state index contributed by atoms with van der Waals surface area (Å²) in [5.74, 6) is 0.752. The van der Waals surface area contributed by atoms with E-state index in [1.54, 1.807) is 12.1 Å². The molecule has 0 saturated carbocycles. The molecule has 1 aromatic heterocycles. The average Bonchev–Trinajstić information content (AvgIpc) is 2.48. The highest BCUT2D eigenvalue weighted by molar-refractivity contribution is 6.30. The molecule has 5 nitrogen and oxygen atoms in total. The molecule has 0 unspecified atom stereocenters. The lowest BCUT2D eigenvalue weighted by molar-refractivity contribution is 0.0944. The number of amides is 1. The monoisotopic (exact) mass is 318 g/mol. The van der Waals surface area contributed by atoms with E-state index >= 15 is 0 Å². The van der Waals surface area contributed by atoms with Crippen LogP contribution in [-0.4, -0.2) is 22.4 Å². The first-order chi connectivity index (χ1) is 10.5. The summed E-state index contributed by atoms with van der Waals surface area (Å²) in [6.07, 6.45) is 1.37. The zero-order valence-electron chi connectivity index (χ0n) is 12.9. The number of nitrogens with one attached hydrogen (secondary N) is 2. The number of rotatable bonds is 5. The first-order valence-electron chi connectivity index (χ1n) is 7.09. The zero-order valence-corrected chi connectivity index (χ0v) is 13.6. The van der Waals surface area contributed by atoms with E-state index in [4.69, 9.17) is 11.6 Å². The fraction of sp³-hybridized carbons (Fsp3) is 0.312. The van der Waals surface area contributed by atoms with Crippen molar-refractivity contribution in [1.29, 1.82) is 0 Å². The van der Waals surface area contributed by atoms with Gasteiger partial charge in [0.2, 0.25) is 0 Å². The summed E-state index contributed by atoms with van der Waals surface area (Å²) >= 11 is 5.94. The topological polar surface area (TPSA) is 66.9 Å². The molecule has 1 amide bonds. The number of nitrogens with zero attached hydrogens (tertiary/aromatic N) is 2. The van der Waals surface area contributed by atoms with Crippen molar-refractivity contribution in [2.24, 2.45) is 5.92 Å². The molecule has 0 aliphatic carbocycles. The van der Waals surface area contributed by atoms with Gasteiger partial charge in [0.05, 0.1) is 0 Å². The van der Waals surface area contributed by atoms with Gasteiger partial charge >= 0.3 is 0 Å². The highest BCUT2D eigenvalue weighted by atomic mass is 35.5. The minimum atomic E-state index is -0.202. The second-order valence-corrected chi connectivity index (χ2v) is 5.91. The Kier molecular flexibility index (Phi) is 5.33. The van der Waals surface area contributed by atoms with Crippen LogP contribution in [-0.2, 0) is 0 Å². The normalized spacial score (nSPS) is 10.6. The summed E-state index contributed by atoms with van der Waals surface area (Å²) in [5.41, 5.74) is 2.22. The maximum Gasteiger partial charge on any atom is 0.270 e. The van der Waals surface area contributed by atoms with Crippen molar-refractivity contribution in [2.75, 3.05) is 11.9 Å². The Balaban J connectivity index is 2.12. The fourth-order valence-electron chi connectivity index (χ4n) is 1.84. The second-order valence-electron chi connectivity index (χ2n) is 5.48. The van der Waals surface area contributed by atoms with Gasteiger partial charge < -0.3 is 10.6 Å². The smallest absolute Gasteiger partial charge is 0.270 e. The van der Waals surface area contributed by atoms with E-state index in [2.05, 4.69) is 20.6 Å². The maximum absolute atomic E-state index is 12.0. The number of hydrogen-bond acceptors (Lipinski definition) is 4. The van der Waals surface area contributed by atoms with Crippen LogP contribution in [0.2, 0.25) is 5.02 Å². The van der Waals surface area contributed by atoms with Crippen molar-refractivity contribution in [2.45, 2.75) is 20.8 Å². The van der Waals surface area contributed by atoms with Gasteiger partial charge in [0, 0.05) is 23.3 Å². The number of hydrogen-bond donors (Lipinski definition) is 2. The predicted octanol–water partition coefficient (Wildman–Crippen LogP) is 3.57. The average molecular weight is 319 g/mol. The molecule has 22 heavy (non-hydrogen) atoms. The van der Waals surface area contributed by atoms with Crippen molar-refractivity contribution in [3.05, 3.63) is 46.9 Å². The Labute approximate surface area is 135 Å². The van der Waals surface area contributed by atoms with E-state index in [-0.39, 0.29) is 5.91 Å². The van der Waals surface area contributed by atoms with Gasteiger partial charge in [0.1, 0.15) is 17.8 Å². The van der Waals surface area contributed by atoms with Crippen LogP contribution in [0.4, 0.5) is 11.5 Å². The minimum Gasteiger partial charge on any atom is -0.350 e. The van der Waals surface area contributed by atoms with Crippen molar-refractivity contribution in [1.82, 2.24) is 15.3 Å². The molecule has 0 aliphatic rings. The Bertz CT molecular complexity index is 673. The summed E-state index contributed by atoms with van der Waals surface area (Å²) in [7, 11) is 0. The number of aromatic nitrogens is 2. The van der Waals surface area contributed by atoms with Crippen molar-refractivity contribution in [3.63, 3.8) is 0 Å². The van der Waals surface area contributed by atoms with Crippen LogP contribution in [0, 0.1) is 12.8 Å². The van der Waals surface area contributed by atoms with E-state index in [9.17, 15) is 4.79 Å². The SMILES string of the molecule is Cc1cc(Cl)ccc1Nc1cc(C(=O)NCC(C)C)ncn1. The molecular formula is C16H19ClN4O. The standard InChI is InChI=1S/C16H19ClN4O/c1-10(2)8-18-16(22)14-7-15(20-9-19-14)21-13-5-4-12(17)6-11(13)3/h4-7,9-10H,8H2,1-3H3,(H,18,22)(H,19,20,21). The fourth-order valence-corrected chi connectivity index (χ4v) is 2.07. The molecule has 0 atom stereocenters. The van der Waals surface area contributed by atoms with Gasteiger partial charge in [-0.3, -0.25) is 4.79 Å². The lowest BCUT2D eigenvalue weighted by Gasteiger charge is -2.10. The molecule has 6 heteroatoms. The van der Waals surface area contributed by atoms with Crippen LogP contribution < -0.4 is 10.6 Å². The number of anilines is 2. The van der Waals surface area contributed by atoms with Gasteiger partial charge in [-0.15, -0.1) is 0 Å². The first-order valence-corrected chi connectivity index (χ1v) is 7.47. The highest BCUT2D eigenvalue weighted by Crippen LogP contribution is 2.22. The second kappa shape index (κ2) is 7.22. The highest BCUT2D eigenvalue weighted by Gasteiger charge is 2.09. The van der Waals surface area contributed by atoms with Crippen LogP contribution in [0.3, 0.4) is 0 Å². The minimum absolute atomic E-state index is 0.202. The molecule has 0 bridgehead atoms. The molecule has 0 saturated heterocycles. The summed E-state index contributed by atoms with van der Waals surface area (Å²) in [6, 6.07) is 7.16. The summed E-state index contributed by atoms with van der Waals surface area (Å²) in [4.78, 5) is 20.2. The summed E-state index contributed by atoms with van der Waals surface area (Å²) in [5, 5.41) is 6.68. The maximum atomic E-state index is 12.0. The van der Waals surface area contributed by atoms with Crippen molar-refractivity contribution < 1.29 is 4.79 Å². The summed E-state index contributed by atoms with van der Waals surface area (Å²) in [6.45, 7) is 6.64. The Morgan fingerprint density at radius 3 is 2.73 bits per heavy atom. The van der Waals surface area contributed by atoms with E-state index < -0.39 is 0 Å². The number of carbonyl (C=O) groups is 1. The molecule has 0 spiro atoms. The molecule has 0 radical (unpaired) electrons. The molecule has 0 aliphatic heterocycles. The summed E-state index contributed by atoms with van der Waals surface area (Å²) < 4.78 is 0. The molecule has 1 heterocycles. The lowest BCUT2D eigenvalue weighted by atomic mass is 10.2. The zero-order chi connectivity index (χ0) is 16.1. The third kappa shape index (κ3) is 4.43. The molecule has 2 rings (SSSR count). The Hall–Kier alpha value is -2.14. The molecular weight excluding hydrogens is 300 g/mol. The van der Waals surface area contributed by atoms with E-state index in [0.29, 0.717) is 29.0 Å². The first kappa shape index (κ1) is 16.2. The molecule has 2 N–H and O–H groups in total. The van der Waals surface area contributed by atoms with Crippen molar-refractivity contribution in [3.8, 4) is 0 Å². The van der Waals surface area contributed by atoms with Crippen molar-refractivity contribution >= 4 is 29.0 Å². The van der Waals surface area contributed by atoms with Gasteiger partial charge in [0.15, 0.2) is 0 Å². The van der Waals surface area contributed by atoms with Gasteiger partial charge in [0.25, 0.3) is 5.91 Å². The number of carbonyl (C=O) groups excluding carboxylic acids is 1. The van der Waals surface area contributed by atoms with Crippen LogP contribution >= 0.6 is 11.6 Å². The van der Waals surface area contributed by atoms with Crippen LogP contribution in [0.1, 0.15) is 29.9 Å². The lowest BCUT2D eigenvalue weighted by Crippen LogP contribution is -2.28. The van der Waals surface area contributed by atoms with Gasteiger partial charge in [-0.1, -0.05) is 25.4 Å². The molecule has 0 fully saturated rings. The third-order valence-corrected chi connectivity index (χ3v) is 3.26. The van der Waals surface area contributed by atoms with E-state index in [1.807, 2.05) is 32.9 Å². The number of aryl methyl sites for hydroxylation is 1. The number of halogens is 1. The van der Waals surface area contributed by atoms with Crippen LogP contribution in [0.5, 0.6) is 0 Å². The molecule has 2 aromatic rings. The predicted molar refractivity (Wildman–Crippen MR) is 88.7 cm³/mol. The van der Waals surface area contributed by atoms with Gasteiger partial charge in [-0.2, -0.15) is 0 Å². The quantitative estimate of drug-likeness (QED) is 0.884. The number of benzene rings is 1. The van der Waals surface area contributed by atoms with Crippen LogP contribution in [0.15, 0.2) is 30.6 Å². The molecule has 1 aromatic carbocycles. The van der Waals surface area contributed by atoms with Gasteiger partial charge in [-0.25, -0.2) is 9.97 Å². The van der Waals surface area contributed by atoms with E-state index in [0.717, 1.165) is 11.3 Å². The van der Waals surface area contributed by atoms with E-state index in [1.165, 1.54) is 6.33 Å². The van der Waals surface area contributed by atoms with Gasteiger partial charge in [-0.05, 0) is 36.6 Å². The van der Waals surface area contributed by atoms with Crippen LogP contribution in [0.25, 0.3) is 0 Å². The largest absolute Gasteiger partial charge is 0.350 e. The Morgan fingerprint density at radius 2 is 2.05 bits per heavy atom. The third-order valence-electron chi connectivity index (χ3n) is 3.02. The Morgan fingerprint density at radius 1 is 1.27 bits per heavy atom.